The molecule has 19 heavy (non-hydrogen) atoms. The number of fused-ring (bicyclic) bond motifs is 1. The fourth-order valence-electron chi connectivity index (χ4n) is 2.89. The van der Waals surface area contributed by atoms with Crippen LogP contribution in [0.5, 0.6) is 0 Å². The molecule has 1 aliphatic heterocycles. The number of carbonyl (C=O) groups excluding carboxylic acids is 1. The van der Waals surface area contributed by atoms with E-state index in [4.69, 9.17) is 0 Å². The summed E-state index contributed by atoms with van der Waals surface area (Å²) in [6.45, 7) is 3.05. The quantitative estimate of drug-likeness (QED) is 0.756. The van der Waals surface area contributed by atoms with Crippen molar-refractivity contribution in [2.75, 3.05) is 6.54 Å². The van der Waals surface area contributed by atoms with Crippen LogP contribution in [0.2, 0.25) is 0 Å². The van der Waals surface area contributed by atoms with Crippen molar-refractivity contribution in [3.8, 4) is 0 Å². The molecule has 1 amide bonds. The van der Waals surface area contributed by atoms with Gasteiger partial charge in [0.05, 0.1) is 0 Å². The smallest absolute Gasteiger partial charge is 0.254 e. The third-order valence-electron chi connectivity index (χ3n) is 4.06. The molecule has 1 fully saturated rings. The van der Waals surface area contributed by atoms with Gasteiger partial charge in [0.15, 0.2) is 0 Å². The minimum Gasteiger partial charge on any atom is -0.336 e. The Kier molecular flexibility index (Phi) is 3.24. The first-order chi connectivity index (χ1) is 9.25. The van der Waals surface area contributed by atoms with Gasteiger partial charge in [-0.25, -0.2) is 0 Å². The van der Waals surface area contributed by atoms with Crippen LogP contribution in [-0.2, 0) is 0 Å². The summed E-state index contributed by atoms with van der Waals surface area (Å²) in [7, 11) is 0. The van der Waals surface area contributed by atoms with Crippen LogP contribution >= 0.6 is 0 Å². The highest BCUT2D eigenvalue weighted by Gasteiger charge is 2.24. The maximum atomic E-state index is 12.6. The molecule has 0 aromatic heterocycles. The summed E-state index contributed by atoms with van der Waals surface area (Å²) in [5.41, 5.74) is 0.812. The van der Waals surface area contributed by atoms with E-state index in [0.717, 1.165) is 30.3 Å². The Balaban J connectivity index is 1.92. The van der Waals surface area contributed by atoms with Gasteiger partial charge >= 0.3 is 0 Å². The lowest BCUT2D eigenvalue weighted by molar-refractivity contribution is 0.0636. The molecule has 2 nitrogen and oxygen atoms in total. The van der Waals surface area contributed by atoms with Crippen molar-refractivity contribution in [1.82, 2.24) is 4.90 Å². The fourth-order valence-corrected chi connectivity index (χ4v) is 2.89. The topological polar surface area (TPSA) is 20.3 Å². The fraction of sp³-hybridized carbons (Fsp3) is 0.353. The summed E-state index contributed by atoms with van der Waals surface area (Å²) in [4.78, 5) is 14.6. The Bertz CT molecular complexity index is 605. The number of hydrogen-bond acceptors (Lipinski definition) is 1. The predicted octanol–water partition coefficient (Wildman–Crippen LogP) is 3.85. The van der Waals surface area contributed by atoms with Crippen molar-refractivity contribution in [2.45, 2.75) is 32.2 Å². The summed E-state index contributed by atoms with van der Waals surface area (Å²) in [6.07, 6.45) is 3.49. The molecule has 2 aromatic rings. The second-order valence-electron chi connectivity index (χ2n) is 5.41. The number of amides is 1. The molecule has 0 saturated carbocycles. The van der Waals surface area contributed by atoms with Gasteiger partial charge in [0.25, 0.3) is 5.91 Å². The molecule has 1 atom stereocenters. The van der Waals surface area contributed by atoms with E-state index in [-0.39, 0.29) is 5.91 Å². The summed E-state index contributed by atoms with van der Waals surface area (Å²) in [5.74, 6) is 0.179. The molecule has 0 aliphatic carbocycles. The molecule has 1 heterocycles. The predicted molar refractivity (Wildman–Crippen MR) is 78.3 cm³/mol. The summed E-state index contributed by atoms with van der Waals surface area (Å²) >= 11 is 0. The van der Waals surface area contributed by atoms with Gasteiger partial charge in [-0.15, -0.1) is 0 Å². The third-order valence-corrected chi connectivity index (χ3v) is 4.06. The van der Waals surface area contributed by atoms with Crippen molar-refractivity contribution in [3.63, 3.8) is 0 Å². The summed E-state index contributed by atoms with van der Waals surface area (Å²) < 4.78 is 0. The van der Waals surface area contributed by atoms with Crippen molar-refractivity contribution >= 4 is 16.7 Å². The molecule has 1 aliphatic rings. The van der Waals surface area contributed by atoms with Crippen LogP contribution in [0.15, 0.2) is 42.5 Å². The van der Waals surface area contributed by atoms with E-state index >= 15 is 0 Å². The number of nitrogens with zero attached hydrogens (tertiary/aromatic N) is 1. The van der Waals surface area contributed by atoms with Gasteiger partial charge in [-0.05, 0) is 49.1 Å². The van der Waals surface area contributed by atoms with Gasteiger partial charge in [0, 0.05) is 18.2 Å². The highest BCUT2D eigenvalue weighted by Crippen LogP contribution is 2.21. The van der Waals surface area contributed by atoms with Crippen molar-refractivity contribution in [1.29, 1.82) is 0 Å². The zero-order valence-corrected chi connectivity index (χ0v) is 11.3. The van der Waals surface area contributed by atoms with E-state index < -0.39 is 0 Å². The molecule has 0 bridgehead atoms. The maximum Gasteiger partial charge on any atom is 0.254 e. The Morgan fingerprint density at radius 1 is 1.11 bits per heavy atom. The zero-order chi connectivity index (χ0) is 13.2. The standard InChI is InChI=1S/C17H19NO/c1-13-6-4-5-11-18(13)17(19)16-10-9-14-7-2-3-8-15(14)12-16/h2-3,7-10,12-13H,4-6,11H2,1H3. The molecule has 1 saturated heterocycles. The number of likely N-dealkylation sites (tertiary alicyclic amines) is 1. The minimum absolute atomic E-state index is 0.179. The largest absolute Gasteiger partial charge is 0.336 e. The van der Waals surface area contributed by atoms with Crippen LogP contribution in [0.25, 0.3) is 10.8 Å². The number of rotatable bonds is 1. The first kappa shape index (κ1) is 12.2. The molecule has 0 radical (unpaired) electrons. The van der Waals surface area contributed by atoms with Crippen LogP contribution in [0, 0.1) is 0 Å². The van der Waals surface area contributed by atoms with E-state index in [1.807, 2.05) is 35.2 Å². The third kappa shape index (κ3) is 2.35. The van der Waals surface area contributed by atoms with E-state index in [1.165, 1.54) is 11.8 Å². The Hall–Kier alpha value is -1.83. The van der Waals surface area contributed by atoms with Crippen molar-refractivity contribution in [3.05, 3.63) is 48.0 Å². The molecular weight excluding hydrogens is 234 g/mol. The van der Waals surface area contributed by atoms with E-state index in [2.05, 4.69) is 19.1 Å². The molecule has 2 aromatic carbocycles. The molecule has 0 N–H and O–H groups in total. The lowest BCUT2D eigenvalue weighted by Crippen LogP contribution is -2.42. The molecule has 3 rings (SSSR count). The lowest BCUT2D eigenvalue weighted by atomic mass is 10.0. The molecule has 2 heteroatoms. The highest BCUT2D eigenvalue weighted by atomic mass is 16.2. The SMILES string of the molecule is CC1CCCCN1C(=O)c1ccc2ccccc2c1. The van der Waals surface area contributed by atoms with Gasteiger partial charge in [0.2, 0.25) is 0 Å². The second kappa shape index (κ2) is 5.04. The number of piperidine rings is 1. The Labute approximate surface area is 114 Å². The molecule has 1 unspecified atom stereocenters. The Morgan fingerprint density at radius 2 is 1.89 bits per heavy atom. The van der Waals surface area contributed by atoms with Crippen LogP contribution in [0.4, 0.5) is 0 Å². The molecule has 0 spiro atoms. The number of carbonyl (C=O) groups is 1. The first-order valence-electron chi connectivity index (χ1n) is 7.05. The molecule has 98 valence electrons. The zero-order valence-electron chi connectivity index (χ0n) is 11.3. The maximum absolute atomic E-state index is 12.6. The van der Waals surface area contributed by atoms with E-state index in [0.29, 0.717) is 6.04 Å². The Morgan fingerprint density at radius 3 is 2.68 bits per heavy atom. The number of benzene rings is 2. The van der Waals surface area contributed by atoms with Crippen LogP contribution < -0.4 is 0 Å². The normalized spacial score (nSPS) is 19.6. The van der Waals surface area contributed by atoms with E-state index in [1.54, 1.807) is 0 Å². The van der Waals surface area contributed by atoms with Crippen LogP contribution in [0.1, 0.15) is 36.5 Å². The summed E-state index contributed by atoms with van der Waals surface area (Å²) in [6, 6.07) is 14.5. The monoisotopic (exact) mass is 253 g/mol. The van der Waals surface area contributed by atoms with Gasteiger partial charge in [-0.2, -0.15) is 0 Å². The summed E-state index contributed by atoms with van der Waals surface area (Å²) in [5, 5.41) is 2.32. The molecular formula is C17H19NO. The van der Waals surface area contributed by atoms with Crippen LogP contribution in [-0.4, -0.2) is 23.4 Å². The van der Waals surface area contributed by atoms with Crippen molar-refractivity contribution in [2.24, 2.45) is 0 Å². The first-order valence-corrected chi connectivity index (χ1v) is 7.05. The number of hydrogen-bond donors (Lipinski definition) is 0. The van der Waals surface area contributed by atoms with Crippen LogP contribution in [0.3, 0.4) is 0 Å². The van der Waals surface area contributed by atoms with Gasteiger partial charge in [-0.1, -0.05) is 30.3 Å². The minimum atomic E-state index is 0.179. The van der Waals surface area contributed by atoms with Gasteiger partial charge in [0.1, 0.15) is 0 Å². The second-order valence-corrected chi connectivity index (χ2v) is 5.41. The van der Waals surface area contributed by atoms with Gasteiger partial charge in [-0.3, -0.25) is 4.79 Å². The van der Waals surface area contributed by atoms with Crippen molar-refractivity contribution < 1.29 is 4.79 Å². The van der Waals surface area contributed by atoms with Gasteiger partial charge < -0.3 is 4.90 Å². The highest BCUT2D eigenvalue weighted by molar-refractivity contribution is 5.98. The average molecular weight is 253 g/mol. The lowest BCUT2D eigenvalue weighted by Gasteiger charge is -2.33. The average Bonchev–Trinajstić information content (AvgIpc) is 2.46. The van der Waals surface area contributed by atoms with E-state index in [9.17, 15) is 4.79 Å².